The van der Waals surface area contributed by atoms with Crippen LogP contribution in [-0.2, 0) is 11.3 Å². The number of aryl methyl sites for hydroxylation is 1. The van der Waals surface area contributed by atoms with E-state index in [4.69, 9.17) is 4.74 Å². The zero-order valence-corrected chi connectivity index (χ0v) is 10.6. The van der Waals surface area contributed by atoms with Gasteiger partial charge in [0.1, 0.15) is 5.82 Å². The van der Waals surface area contributed by atoms with Gasteiger partial charge in [0.2, 0.25) is 0 Å². The molecule has 1 aliphatic rings. The molecule has 2 rings (SSSR count). The molecular formula is C14H20FNO. The number of hydrogen-bond acceptors (Lipinski definition) is 2. The zero-order chi connectivity index (χ0) is 12.3. The molecule has 0 aliphatic carbocycles. The van der Waals surface area contributed by atoms with Crippen LogP contribution < -0.4 is 5.32 Å². The van der Waals surface area contributed by atoms with E-state index in [1.807, 2.05) is 13.0 Å². The maximum atomic E-state index is 13.1. The summed E-state index contributed by atoms with van der Waals surface area (Å²) >= 11 is 0. The molecule has 0 radical (unpaired) electrons. The fraction of sp³-hybridized carbons (Fsp3) is 0.571. The minimum absolute atomic E-state index is 0.0404. The lowest BCUT2D eigenvalue weighted by Gasteiger charge is -2.23. The average Bonchev–Trinajstić information content (AvgIpc) is 2.71. The first-order chi connectivity index (χ1) is 8.09. The van der Waals surface area contributed by atoms with Crippen LogP contribution in [-0.4, -0.2) is 18.8 Å². The molecule has 3 heteroatoms. The van der Waals surface area contributed by atoms with Crippen LogP contribution in [0.1, 0.15) is 30.9 Å². The molecule has 94 valence electrons. The molecule has 1 aromatic rings. The standard InChI is InChI=1S/C14H20FNO/c1-11-4-5-13(15)8-12(11)9-16-10-14(2)6-3-7-17-14/h4-5,8,16H,3,6-7,9-10H2,1-2H3. The highest BCUT2D eigenvalue weighted by Crippen LogP contribution is 2.24. The Bertz CT molecular complexity index is 386. The third-order valence-corrected chi connectivity index (χ3v) is 3.43. The Morgan fingerprint density at radius 3 is 3.00 bits per heavy atom. The summed E-state index contributed by atoms with van der Waals surface area (Å²) in [4.78, 5) is 0. The van der Waals surface area contributed by atoms with Crippen molar-refractivity contribution in [1.29, 1.82) is 0 Å². The number of rotatable bonds is 4. The zero-order valence-electron chi connectivity index (χ0n) is 10.6. The smallest absolute Gasteiger partial charge is 0.123 e. The first-order valence-electron chi connectivity index (χ1n) is 6.19. The van der Waals surface area contributed by atoms with Gasteiger partial charge in [0.25, 0.3) is 0 Å². The molecule has 1 aliphatic heterocycles. The molecule has 0 bridgehead atoms. The van der Waals surface area contributed by atoms with Crippen LogP contribution in [0, 0.1) is 12.7 Å². The van der Waals surface area contributed by atoms with Crippen molar-refractivity contribution in [3.63, 3.8) is 0 Å². The van der Waals surface area contributed by atoms with Crippen LogP contribution in [0.4, 0.5) is 4.39 Å². The molecule has 0 aromatic heterocycles. The molecule has 17 heavy (non-hydrogen) atoms. The summed E-state index contributed by atoms with van der Waals surface area (Å²) in [7, 11) is 0. The largest absolute Gasteiger partial charge is 0.374 e. The molecular weight excluding hydrogens is 217 g/mol. The third kappa shape index (κ3) is 3.27. The summed E-state index contributed by atoms with van der Waals surface area (Å²) < 4.78 is 18.8. The molecule has 0 spiro atoms. The fourth-order valence-corrected chi connectivity index (χ4v) is 2.27. The Morgan fingerprint density at radius 1 is 1.47 bits per heavy atom. The first-order valence-corrected chi connectivity index (χ1v) is 6.19. The number of benzene rings is 1. The summed E-state index contributed by atoms with van der Waals surface area (Å²) in [6, 6.07) is 4.92. The van der Waals surface area contributed by atoms with E-state index in [9.17, 15) is 4.39 Å². The molecule has 1 atom stereocenters. The SMILES string of the molecule is Cc1ccc(F)cc1CNCC1(C)CCCO1. The minimum atomic E-state index is -0.171. The molecule has 1 aromatic carbocycles. The van der Waals surface area contributed by atoms with Crippen LogP contribution in [0.15, 0.2) is 18.2 Å². The van der Waals surface area contributed by atoms with E-state index < -0.39 is 0 Å². The van der Waals surface area contributed by atoms with Crippen LogP contribution in [0.5, 0.6) is 0 Å². The summed E-state index contributed by atoms with van der Waals surface area (Å²) in [6.07, 6.45) is 2.24. The van der Waals surface area contributed by atoms with Gasteiger partial charge in [-0.3, -0.25) is 0 Å². The maximum absolute atomic E-state index is 13.1. The summed E-state index contributed by atoms with van der Waals surface area (Å²) in [5.41, 5.74) is 2.10. The predicted octanol–water partition coefficient (Wildman–Crippen LogP) is 2.79. The Hall–Kier alpha value is -0.930. The lowest BCUT2D eigenvalue weighted by atomic mass is 10.0. The van der Waals surface area contributed by atoms with Gasteiger partial charge in [-0.2, -0.15) is 0 Å². The number of halogens is 1. The molecule has 2 nitrogen and oxygen atoms in total. The Morgan fingerprint density at radius 2 is 2.29 bits per heavy atom. The van der Waals surface area contributed by atoms with Crippen molar-refractivity contribution < 1.29 is 9.13 Å². The lowest BCUT2D eigenvalue weighted by molar-refractivity contribution is 0.0206. The molecule has 1 fully saturated rings. The van der Waals surface area contributed by atoms with E-state index in [0.717, 1.165) is 37.1 Å². The van der Waals surface area contributed by atoms with Gasteiger partial charge in [-0.1, -0.05) is 6.07 Å². The van der Waals surface area contributed by atoms with Gasteiger partial charge in [-0.15, -0.1) is 0 Å². The summed E-state index contributed by atoms with van der Waals surface area (Å²) in [5, 5.41) is 3.36. The number of nitrogens with one attached hydrogen (secondary N) is 1. The van der Waals surface area contributed by atoms with E-state index >= 15 is 0 Å². The van der Waals surface area contributed by atoms with Crippen LogP contribution >= 0.6 is 0 Å². The van der Waals surface area contributed by atoms with Crippen molar-refractivity contribution in [2.75, 3.05) is 13.2 Å². The van der Waals surface area contributed by atoms with Gasteiger partial charge in [-0.05, 0) is 49.9 Å². The molecule has 0 amide bonds. The summed E-state index contributed by atoms with van der Waals surface area (Å²) in [6.45, 7) is 6.51. The average molecular weight is 237 g/mol. The Kier molecular flexibility index (Phi) is 3.79. The molecule has 1 unspecified atom stereocenters. The lowest BCUT2D eigenvalue weighted by Crippen LogP contribution is -2.36. The second kappa shape index (κ2) is 5.15. The minimum Gasteiger partial charge on any atom is -0.374 e. The highest BCUT2D eigenvalue weighted by Gasteiger charge is 2.28. The van der Waals surface area contributed by atoms with Crippen molar-refractivity contribution in [3.05, 3.63) is 35.1 Å². The fourth-order valence-electron chi connectivity index (χ4n) is 2.27. The van der Waals surface area contributed by atoms with Crippen LogP contribution in [0.3, 0.4) is 0 Å². The molecule has 1 heterocycles. The van der Waals surface area contributed by atoms with Gasteiger partial charge in [0.15, 0.2) is 0 Å². The van der Waals surface area contributed by atoms with Gasteiger partial charge in [0.05, 0.1) is 5.60 Å². The molecule has 1 saturated heterocycles. The Balaban J connectivity index is 1.87. The monoisotopic (exact) mass is 237 g/mol. The van der Waals surface area contributed by atoms with Gasteiger partial charge < -0.3 is 10.1 Å². The van der Waals surface area contributed by atoms with Crippen molar-refractivity contribution >= 4 is 0 Å². The van der Waals surface area contributed by atoms with E-state index in [-0.39, 0.29) is 11.4 Å². The maximum Gasteiger partial charge on any atom is 0.123 e. The van der Waals surface area contributed by atoms with Crippen LogP contribution in [0.25, 0.3) is 0 Å². The second-order valence-corrected chi connectivity index (χ2v) is 5.08. The Labute approximate surface area is 102 Å². The van der Waals surface area contributed by atoms with E-state index in [1.54, 1.807) is 6.07 Å². The first kappa shape index (κ1) is 12.5. The predicted molar refractivity (Wildman–Crippen MR) is 66.4 cm³/mol. The van der Waals surface area contributed by atoms with Gasteiger partial charge >= 0.3 is 0 Å². The number of ether oxygens (including phenoxy) is 1. The van der Waals surface area contributed by atoms with Gasteiger partial charge in [-0.25, -0.2) is 4.39 Å². The third-order valence-electron chi connectivity index (χ3n) is 3.43. The van der Waals surface area contributed by atoms with Crippen LogP contribution in [0.2, 0.25) is 0 Å². The van der Waals surface area contributed by atoms with E-state index in [2.05, 4.69) is 12.2 Å². The number of hydrogen-bond donors (Lipinski definition) is 1. The normalized spacial score (nSPS) is 24.2. The quantitative estimate of drug-likeness (QED) is 0.869. The van der Waals surface area contributed by atoms with Gasteiger partial charge in [0, 0.05) is 19.7 Å². The van der Waals surface area contributed by atoms with Crippen molar-refractivity contribution in [2.24, 2.45) is 0 Å². The van der Waals surface area contributed by atoms with Crippen molar-refractivity contribution in [3.8, 4) is 0 Å². The van der Waals surface area contributed by atoms with Crippen molar-refractivity contribution in [2.45, 2.75) is 38.8 Å². The second-order valence-electron chi connectivity index (χ2n) is 5.08. The highest BCUT2D eigenvalue weighted by molar-refractivity contribution is 5.26. The topological polar surface area (TPSA) is 21.3 Å². The summed E-state index contributed by atoms with van der Waals surface area (Å²) in [5.74, 6) is -0.171. The molecule has 1 N–H and O–H groups in total. The van der Waals surface area contributed by atoms with E-state index in [1.165, 1.54) is 6.07 Å². The van der Waals surface area contributed by atoms with Crippen molar-refractivity contribution in [1.82, 2.24) is 5.32 Å². The highest BCUT2D eigenvalue weighted by atomic mass is 19.1. The molecule has 0 saturated carbocycles. The van der Waals surface area contributed by atoms with E-state index in [0.29, 0.717) is 6.54 Å².